The van der Waals surface area contributed by atoms with E-state index < -0.39 is 6.04 Å². The second kappa shape index (κ2) is 6.23. The van der Waals surface area contributed by atoms with Crippen molar-refractivity contribution in [3.8, 4) is 0 Å². The highest BCUT2D eigenvalue weighted by Crippen LogP contribution is 2.13. The lowest BCUT2D eigenvalue weighted by atomic mass is 10.0. The molecule has 1 aromatic carbocycles. The van der Waals surface area contributed by atoms with E-state index in [1.165, 1.54) is 6.07 Å². The van der Waals surface area contributed by atoms with Gasteiger partial charge < -0.3 is 15.2 Å². The van der Waals surface area contributed by atoms with Gasteiger partial charge in [0, 0.05) is 25.6 Å². The molecule has 116 valence electrons. The molecule has 22 heavy (non-hydrogen) atoms. The average Bonchev–Trinajstić information content (AvgIpc) is 2.97. The van der Waals surface area contributed by atoms with Gasteiger partial charge in [-0.2, -0.15) is 0 Å². The van der Waals surface area contributed by atoms with Gasteiger partial charge in [0.1, 0.15) is 12.1 Å². The number of fused-ring (bicyclic) bond motifs is 1. The van der Waals surface area contributed by atoms with Crippen molar-refractivity contribution in [2.75, 3.05) is 6.54 Å². The molecule has 2 heterocycles. The Labute approximate surface area is 127 Å². The minimum absolute atomic E-state index is 0.0295. The van der Waals surface area contributed by atoms with Gasteiger partial charge in [0.05, 0.1) is 6.54 Å². The van der Waals surface area contributed by atoms with Crippen molar-refractivity contribution < 1.29 is 9.18 Å². The lowest BCUT2D eigenvalue weighted by Gasteiger charge is -2.28. The Bertz CT molecular complexity index is 671. The number of rotatable bonds is 4. The monoisotopic (exact) mass is 303 g/mol. The van der Waals surface area contributed by atoms with E-state index >= 15 is 0 Å². The molecule has 1 aromatic heterocycles. The van der Waals surface area contributed by atoms with E-state index in [1.807, 2.05) is 4.57 Å². The normalized spacial score (nSPS) is 15.5. The van der Waals surface area contributed by atoms with Crippen molar-refractivity contribution in [2.24, 2.45) is 5.73 Å². The second-order valence-corrected chi connectivity index (χ2v) is 5.52. The molecule has 0 radical (unpaired) electrons. The summed E-state index contributed by atoms with van der Waals surface area (Å²) >= 11 is 0. The highest BCUT2D eigenvalue weighted by atomic mass is 19.1. The number of hydrogen-bond donors (Lipinski definition) is 1. The van der Waals surface area contributed by atoms with Gasteiger partial charge in [0.25, 0.3) is 0 Å². The fraction of sp³-hybridized carbons (Fsp3) is 0.400. The van der Waals surface area contributed by atoms with Crippen LogP contribution < -0.4 is 5.73 Å². The maximum absolute atomic E-state index is 13.6. The Morgan fingerprint density at radius 3 is 3.00 bits per heavy atom. The minimum Gasteiger partial charge on any atom is -0.333 e. The maximum atomic E-state index is 13.6. The maximum Gasteiger partial charge on any atom is 0.224 e. The van der Waals surface area contributed by atoms with Gasteiger partial charge in [0.2, 0.25) is 5.91 Å². The van der Waals surface area contributed by atoms with E-state index in [9.17, 15) is 9.18 Å². The minimum atomic E-state index is -0.399. The predicted octanol–water partition coefficient (Wildman–Crippen LogP) is 0.720. The molecule has 1 aliphatic rings. The summed E-state index contributed by atoms with van der Waals surface area (Å²) < 4.78 is 15.5. The first-order valence-electron chi connectivity index (χ1n) is 7.27. The van der Waals surface area contributed by atoms with E-state index in [1.54, 1.807) is 29.4 Å². The second-order valence-electron chi connectivity index (χ2n) is 5.52. The SMILES string of the molecule is N[C@@H](CC(=O)N1CCn2cnnc2C1)Cc1ccccc1F. The smallest absolute Gasteiger partial charge is 0.224 e. The Hall–Kier alpha value is -2.28. The third-order valence-electron chi connectivity index (χ3n) is 3.87. The van der Waals surface area contributed by atoms with Crippen LogP contribution in [0.3, 0.4) is 0 Å². The molecule has 0 aliphatic carbocycles. The summed E-state index contributed by atoms with van der Waals surface area (Å²) in [4.78, 5) is 14.0. The molecular formula is C15H18FN5O. The Kier molecular flexibility index (Phi) is 4.15. The predicted molar refractivity (Wildman–Crippen MR) is 78.1 cm³/mol. The van der Waals surface area contributed by atoms with Crippen LogP contribution in [0.1, 0.15) is 17.8 Å². The molecule has 3 rings (SSSR count). The molecule has 0 fully saturated rings. The van der Waals surface area contributed by atoms with Gasteiger partial charge in [-0.25, -0.2) is 4.39 Å². The molecule has 0 saturated heterocycles. The molecule has 0 saturated carbocycles. The third kappa shape index (κ3) is 3.14. The van der Waals surface area contributed by atoms with Gasteiger partial charge in [-0.3, -0.25) is 4.79 Å². The molecule has 0 bridgehead atoms. The lowest BCUT2D eigenvalue weighted by molar-refractivity contribution is -0.133. The van der Waals surface area contributed by atoms with Crippen molar-refractivity contribution in [2.45, 2.75) is 32.0 Å². The molecule has 1 amide bonds. The van der Waals surface area contributed by atoms with Crippen molar-refractivity contribution in [1.29, 1.82) is 0 Å². The van der Waals surface area contributed by atoms with Crippen LogP contribution in [0.15, 0.2) is 30.6 Å². The number of benzene rings is 1. The lowest BCUT2D eigenvalue weighted by Crippen LogP contribution is -2.41. The zero-order valence-electron chi connectivity index (χ0n) is 12.2. The molecule has 0 unspecified atom stereocenters. The average molecular weight is 303 g/mol. The summed E-state index contributed by atoms with van der Waals surface area (Å²) in [6.07, 6.45) is 2.21. The standard InChI is InChI=1S/C15H18FN5O/c16-13-4-2-1-3-11(13)7-12(17)8-15(22)20-5-6-21-10-18-19-14(21)9-20/h1-4,10,12H,5-9,17H2/t12-/m1/s1. The van der Waals surface area contributed by atoms with Crippen LogP contribution in [0.5, 0.6) is 0 Å². The summed E-state index contributed by atoms with van der Waals surface area (Å²) in [7, 11) is 0. The van der Waals surface area contributed by atoms with Crippen molar-refractivity contribution >= 4 is 5.91 Å². The van der Waals surface area contributed by atoms with Crippen LogP contribution in [0.25, 0.3) is 0 Å². The van der Waals surface area contributed by atoms with Crippen LogP contribution in [0.4, 0.5) is 4.39 Å². The quantitative estimate of drug-likeness (QED) is 0.903. The number of nitrogens with two attached hydrogens (primary N) is 1. The largest absolute Gasteiger partial charge is 0.333 e. The van der Waals surface area contributed by atoms with Gasteiger partial charge in [0.15, 0.2) is 5.82 Å². The zero-order valence-corrected chi connectivity index (χ0v) is 12.2. The molecular weight excluding hydrogens is 285 g/mol. The zero-order chi connectivity index (χ0) is 15.5. The molecule has 1 aliphatic heterocycles. The molecule has 0 spiro atoms. The number of aromatic nitrogens is 3. The van der Waals surface area contributed by atoms with Gasteiger partial charge in [-0.1, -0.05) is 18.2 Å². The Morgan fingerprint density at radius 1 is 1.36 bits per heavy atom. The molecule has 1 atom stereocenters. The van der Waals surface area contributed by atoms with Crippen LogP contribution >= 0.6 is 0 Å². The highest BCUT2D eigenvalue weighted by Gasteiger charge is 2.23. The third-order valence-corrected chi connectivity index (χ3v) is 3.87. The van der Waals surface area contributed by atoms with Crippen LogP contribution in [0, 0.1) is 5.82 Å². The first-order valence-corrected chi connectivity index (χ1v) is 7.27. The fourth-order valence-corrected chi connectivity index (χ4v) is 2.65. The first kappa shape index (κ1) is 14.6. The van der Waals surface area contributed by atoms with E-state index in [-0.39, 0.29) is 18.1 Å². The fourth-order valence-electron chi connectivity index (χ4n) is 2.65. The van der Waals surface area contributed by atoms with Crippen LogP contribution in [-0.2, 0) is 24.3 Å². The first-order chi connectivity index (χ1) is 10.6. The van der Waals surface area contributed by atoms with Gasteiger partial charge in [-0.05, 0) is 18.1 Å². The van der Waals surface area contributed by atoms with Crippen LogP contribution in [0.2, 0.25) is 0 Å². The number of carbonyl (C=O) groups is 1. The highest BCUT2D eigenvalue weighted by molar-refractivity contribution is 5.76. The number of nitrogens with zero attached hydrogens (tertiary/aromatic N) is 4. The van der Waals surface area contributed by atoms with E-state index in [0.29, 0.717) is 31.6 Å². The number of amides is 1. The van der Waals surface area contributed by atoms with Crippen molar-refractivity contribution in [3.63, 3.8) is 0 Å². The number of carbonyl (C=O) groups excluding carboxylic acids is 1. The van der Waals surface area contributed by atoms with E-state index in [0.717, 1.165) is 5.82 Å². The van der Waals surface area contributed by atoms with Crippen molar-refractivity contribution in [3.05, 3.63) is 47.8 Å². The summed E-state index contributed by atoms with van der Waals surface area (Å²) in [6.45, 7) is 1.76. The molecule has 6 nitrogen and oxygen atoms in total. The molecule has 2 N–H and O–H groups in total. The summed E-state index contributed by atoms with van der Waals surface area (Å²) in [6, 6.07) is 6.11. The summed E-state index contributed by atoms with van der Waals surface area (Å²) in [5.41, 5.74) is 6.55. The van der Waals surface area contributed by atoms with Crippen LogP contribution in [-0.4, -0.2) is 38.2 Å². The number of hydrogen-bond acceptors (Lipinski definition) is 4. The number of halogens is 1. The van der Waals surface area contributed by atoms with E-state index in [2.05, 4.69) is 10.2 Å². The van der Waals surface area contributed by atoms with Gasteiger partial charge >= 0.3 is 0 Å². The van der Waals surface area contributed by atoms with E-state index in [4.69, 9.17) is 5.73 Å². The van der Waals surface area contributed by atoms with Gasteiger partial charge in [-0.15, -0.1) is 10.2 Å². The topological polar surface area (TPSA) is 77.0 Å². The van der Waals surface area contributed by atoms with Crippen molar-refractivity contribution in [1.82, 2.24) is 19.7 Å². The Morgan fingerprint density at radius 2 is 2.18 bits per heavy atom. The molecule has 7 heteroatoms. The summed E-state index contributed by atoms with van der Waals surface area (Å²) in [5.74, 6) is 0.469. The molecule has 2 aromatic rings. The Balaban J connectivity index is 1.57. The summed E-state index contributed by atoms with van der Waals surface area (Å²) in [5, 5.41) is 7.82.